The number of benzene rings is 1. The summed E-state index contributed by atoms with van der Waals surface area (Å²) in [5.41, 5.74) is 2.66. The number of rotatable bonds is 6. The number of nitrogens with one attached hydrogen (secondary N) is 2. The summed E-state index contributed by atoms with van der Waals surface area (Å²) in [6.45, 7) is 2.56. The molecule has 1 aliphatic heterocycles. The van der Waals surface area contributed by atoms with Crippen LogP contribution in [0.1, 0.15) is 23.2 Å². The molecule has 0 atom stereocenters. The molecule has 0 saturated carbocycles. The Morgan fingerprint density at radius 2 is 2.03 bits per heavy atom. The molecule has 1 saturated heterocycles. The van der Waals surface area contributed by atoms with Gasteiger partial charge in [-0.25, -0.2) is 0 Å². The molecule has 1 aromatic carbocycles. The number of nitrogens with zero attached hydrogens (tertiary/aromatic N) is 3. The molecule has 3 aromatic rings. The van der Waals surface area contributed by atoms with Crippen molar-refractivity contribution in [2.45, 2.75) is 12.8 Å². The van der Waals surface area contributed by atoms with Crippen LogP contribution in [0.25, 0.3) is 11.3 Å². The van der Waals surface area contributed by atoms with Gasteiger partial charge in [-0.05, 0) is 55.2 Å². The minimum atomic E-state index is -0.0384. The number of anilines is 1. The van der Waals surface area contributed by atoms with Crippen LogP contribution >= 0.6 is 0 Å². The Hall–Kier alpha value is -3.35. The van der Waals surface area contributed by atoms with Crippen LogP contribution in [0.15, 0.2) is 54.9 Å². The molecule has 4 rings (SSSR count). The van der Waals surface area contributed by atoms with E-state index in [9.17, 15) is 4.79 Å². The lowest BCUT2D eigenvalue weighted by Crippen LogP contribution is -2.38. The molecule has 0 unspecified atom stereocenters. The SMILES string of the molecule is COc1ccc(C(=O)NCC2CCN(c3cc(-c4cccnc4)[nH]n3)CC2)cc1. The largest absolute Gasteiger partial charge is 0.497 e. The van der Waals surface area contributed by atoms with Crippen molar-refractivity contribution in [3.05, 3.63) is 60.4 Å². The van der Waals surface area contributed by atoms with Crippen molar-refractivity contribution >= 4 is 11.7 Å². The molecule has 2 N–H and O–H groups in total. The maximum atomic E-state index is 12.3. The summed E-state index contributed by atoms with van der Waals surface area (Å²) in [5.74, 6) is 2.15. The van der Waals surface area contributed by atoms with Crippen LogP contribution in [0.2, 0.25) is 0 Å². The Bertz CT molecular complexity index is 931. The van der Waals surface area contributed by atoms with Crippen molar-refractivity contribution in [2.75, 3.05) is 31.6 Å². The summed E-state index contributed by atoms with van der Waals surface area (Å²) in [6, 6.07) is 13.2. The van der Waals surface area contributed by atoms with Crippen LogP contribution in [0.4, 0.5) is 5.82 Å². The molecule has 150 valence electrons. The molecule has 0 spiro atoms. The summed E-state index contributed by atoms with van der Waals surface area (Å²) < 4.78 is 5.13. The third kappa shape index (κ3) is 4.56. The lowest BCUT2D eigenvalue weighted by atomic mass is 9.96. The zero-order chi connectivity index (χ0) is 20.1. The van der Waals surface area contributed by atoms with Gasteiger partial charge in [0.25, 0.3) is 5.91 Å². The number of hydrogen-bond donors (Lipinski definition) is 2. The van der Waals surface area contributed by atoms with Crippen molar-refractivity contribution in [1.29, 1.82) is 0 Å². The smallest absolute Gasteiger partial charge is 0.251 e. The topological polar surface area (TPSA) is 83.1 Å². The summed E-state index contributed by atoms with van der Waals surface area (Å²) in [6.07, 6.45) is 5.64. The molecular formula is C22H25N5O2. The third-order valence-electron chi connectivity index (χ3n) is 5.38. The van der Waals surface area contributed by atoms with Gasteiger partial charge in [-0.15, -0.1) is 0 Å². The van der Waals surface area contributed by atoms with E-state index in [2.05, 4.69) is 31.5 Å². The zero-order valence-corrected chi connectivity index (χ0v) is 16.5. The number of carbonyl (C=O) groups excluding carboxylic acids is 1. The first-order chi connectivity index (χ1) is 14.2. The second-order valence-electron chi connectivity index (χ2n) is 7.25. The highest BCUT2D eigenvalue weighted by Gasteiger charge is 2.22. The van der Waals surface area contributed by atoms with E-state index in [-0.39, 0.29) is 5.91 Å². The minimum Gasteiger partial charge on any atom is -0.497 e. The van der Waals surface area contributed by atoms with Gasteiger partial charge < -0.3 is 15.0 Å². The monoisotopic (exact) mass is 391 g/mol. The molecular weight excluding hydrogens is 366 g/mol. The van der Waals surface area contributed by atoms with Crippen LogP contribution in [-0.4, -0.2) is 47.8 Å². The van der Waals surface area contributed by atoms with Gasteiger partial charge in [0.2, 0.25) is 0 Å². The predicted octanol–water partition coefficient (Wildman–Crippen LogP) is 3.13. The van der Waals surface area contributed by atoms with Gasteiger partial charge in [-0.2, -0.15) is 5.10 Å². The van der Waals surface area contributed by atoms with Crippen molar-refractivity contribution < 1.29 is 9.53 Å². The van der Waals surface area contributed by atoms with E-state index < -0.39 is 0 Å². The van der Waals surface area contributed by atoms with Gasteiger partial charge in [0.05, 0.1) is 12.8 Å². The number of pyridine rings is 1. The summed E-state index contributed by atoms with van der Waals surface area (Å²) in [7, 11) is 1.62. The number of H-pyrrole nitrogens is 1. The van der Waals surface area contributed by atoms with Crippen LogP contribution < -0.4 is 15.0 Å². The first-order valence-corrected chi connectivity index (χ1v) is 9.86. The number of amides is 1. The normalized spacial score (nSPS) is 14.6. The van der Waals surface area contributed by atoms with E-state index in [0.717, 1.165) is 48.8 Å². The van der Waals surface area contributed by atoms with Crippen molar-refractivity contribution in [3.8, 4) is 17.0 Å². The van der Waals surface area contributed by atoms with E-state index in [1.165, 1.54) is 0 Å². The third-order valence-corrected chi connectivity index (χ3v) is 5.38. The van der Waals surface area contributed by atoms with Gasteiger partial charge in [0.1, 0.15) is 5.75 Å². The zero-order valence-electron chi connectivity index (χ0n) is 16.5. The highest BCUT2D eigenvalue weighted by atomic mass is 16.5. The Kier molecular flexibility index (Phi) is 5.74. The second kappa shape index (κ2) is 8.77. The molecule has 29 heavy (non-hydrogen) atoms. The van der Waals surface area contributed by atoms with Crippen LogP contribution in [-0.2, 0) is 0 Å². The molecule has 2 aromatic heterocycles. The van der Waals surface area contributed by atoms with Crippen molar-refractivity contribution in [3.63, 3.8) is 0 Å². The van der Waals surface area contributed by atoms with Crippen LogP contribution in [0.3, 0.4) is 0 Å². The van der Waals surface area contributed by atoms with E-state index in [1.807, 2.05) is 18.3 Å². The molecule has 7 nitrogen and oxygen atoms in total. The number of ether oxygens (including phenoxy) is 1. The lowest BCUT2D eigenvalue weighted by molar-refractivity contribution is 0.0945. The Morgan fingerprint density at radius 1 is 1.24 bits per heavy atom. The van der Waals surface area contributed by atoms with E-state index >= 15 is 0 Å². The van der Waals surface area contributed by atoms with Crippen molar-refractivity contribution in [2.24, 2.45) is 5.92 Å². The molecule has 1 fully saturated rings. The van der Waals surface area contributed by atoms with Gasteiger partial charge in [0.15, 0.2) is 5.82 Å². The lowest BCUT2D eigenvalue weighted by Gasteiger charge is -2.32. The van der Waals surface area contributed by atoms with Crippen LogP contribution in [0, 0.1) is 5.92 Å². The highest BCUT2D eigenvalue weighted by Crippen LogP contribution is 2.25. The highest BCUT2D eigenvalue weighted by molar-refractivity contribution is 5.94. The molecule has 7 heteroatoms. The number of piperidine rings is 1. The maximum absolute atomic E-state index is 12.3. The fourth-order valence-electron chi connectivity index (χ4n) is 3.59. The van der Waals surface area contributed by atoms with Gasteiger partial charge in [0, 0.05) is 49.2 Å². The van der Waals surface area contributed by atoms with Crippen molar-refractivity contribution in [1.82, 2.24) is 20.5 Å². The predicted molar refractivity (Wildman–Crippen MR) is 112 cm³/mol. The molecule has 1 amide bonds. The molecule has 3 heterocycles. The summed E-state index contributed by atoms with van der Waals surface area (Å²) in [5, 5.41) is 10.6. The first-order valence-electron chi connectivity index (χ1n) is 9.86. The van der Waals surface area contributed by atoms with Crippen LogP contribution in [0.5, 0.6) is 5.75 Å². The molecule has 0 radical (unpaired) electrons. The van der Waals surface area contributed by atoms with E-state index in [0.29, 0.717) is 18.0 Å². The van der Waals surface area contributed by atoms with E-state index in [4.69, 9.17) is 4.74 Å². The second-order valence-corrected chi connectivity index (χ2v) is 7.25. The average molecular weight is 391 g/mol. The molecule has 0 bridgehead atoms. The van der Waals surface area contributed by atoms with Gasteiger partial charge in [-0.3, -0.25) is 14.9 Å². The minimum absolute atomic E-state index is 0.0384. The number of hydrogen-bond acceptors (Lipinski definition) is 5. The molecule has 0 aliphatic carbocycles. The number of methoxy groups -OCH3 is 1. The standard InChI is InChI=1S/C22H25N5O2/c1-29-19-6-4-17(5-7-19)22(28)24-14-16-8-11-27(12-9-16)21-13-20(25-26-21)18-3-2-10-23-15-18/h2-7,10,13,15-16H,8-9,11-12,14H2,1H3,(H,24,28)(H,25,26). The number of aromatic amines is 1. The Balaban J connectivity index is 1.26. The Labute approximate surface area is 170 Å². The average Bonchev–Trinajstić information content (AvgIpc) is 3.29. The molecule has 1 aliphatic rings. The fourth-order valence-corrected chi connectivity index (χ4v) is 3.59. The Morgan fingerprint density at radius 3 is 2.72 bits per heavy atom. The summed E-state index contributed by atoms with van der Waals surface area (Å²) in [4.78, 5) is 18.8. The first kappa shape index (κ1) is 19.0. The van der Waals surface area contributed by atoms with Gasteiger partial charge >= 0.3 is 0 Å². The maximum Gasteiger partial charge on any atom is 0.251 e. The van der Waals surface area contributed by atoms with Gasteiger partial charge in [-0.1, -0.05) is 0 Å². The number of aromatic nitrogens is 3. The summed E-state index contributed by atoms with van der Waals surface area (Å²) >= 11 is 0. The van der Waals surface area contributed by atoms with E-state index in [1.54, 1.807) is 37.6 Å². The quantitative estimate of drug-likeness (QED) is 0.675. The fraction of sp³-hybridized carbons (Fsp3) is 0.318. The number of carbonyl (C=O) groups is 1.